The number of nitrogens with zero attached hydrogens (tertiary/aromatic N) is 1. The van der Waals surface area contributed by atoms with Crippen LogP contribution in [-0.2, 0) is 29.6 Å². The summed E-state index contributed by atoms with van der Waals surface area (Å²) in [5.41, 5.74) is -4.18. The molecule has 4 rings (SSSR count). The lowest BCUT2D eigenvalue weighted by Gasteiger charge is -2.24. The Bertz CT molecular complexity index is 1610. The summed E-state index contributed by atoms with van der Waals surface area (Å²) in [4.78, 5) is 41.9. The molecule has 0 spiro atoms. The molecule has 1 saturated heterocycles. The maximum absolute atomic E-state index is 15.5. The maximum Gasteiger partial charge on any atom is 0.491 e. The Morgan fingerprint density at radius 2 is 1.72 bits per heavy atom. The smallest absolute Gasteiger partial charge is 0.411 e. The zero-order chi connectivity index (χ0) is 31.6. The summed E-state index contributed by atoms with van der Waals surface area (Å²) >= 11 is 0. The second-order valence-electron chi connectivity index (χ2n) is 9.54. The van der Waals surface area contributed by atoms with Crippen molar-refractivity contribution in [1.29, 1.82) is 0 Å². The molecule has 232 valence electrons. The SMILES string of the molecule is CCC(=O)ONP(=O)(OC[C@H]1O[C@@H](n2ccc(=O)[nH]c2=O)[C@](C)(F)[C@@H]1O)Oc1ccc(-c2ccc(C(F)(F)F)cc2)cc1. The number of benzene rings is 2. The van der Waals surface area contributed by atoms with Crippen LogP contribution in [0.2, 0.25) is 0 Å². The fourth-order valence-corrected chi connectivity index (χ4v) is 5.18. The third kappa shape index (κ3) is 7.40. The number of hydrogen-bond acceptors (Lipinski definition) is 9. The van der Waals surface area contributed by atoms with E-state index in [1.807, 2.05) is 10.2 Å². The zero-order valence-electron chi connectivity index (χ0n) is 22.5. The van der Waals surface area contributed by atoms with Gasteiger partial charge in [0.2, 0.25) is 0 Å². The molecule has 1 aliphatic heterocycles. The van der Waals surface area contributed by atoms with Gasteiger partial charge in [-0.3, -0.25) is 23.7 Å². The van der Waals surface area contributed by atoms with Crippen molar-refractivity contribution in [3.63, 3.8) is 0 Å². The molecule has 1 fully saturated rings. The Labute approximate surface area is 240 Å². The molecule has 3 aromatic rings. The molecule has 43 heavy (non-hydrogen) atoms. The molecule has 1 aromatic heterocycles. The number of aliphatic hydroxyl groups is 1. The van der Waals surface area contributed by atoms with E-state index in [0.29, 0.717) is 11.1 Å². The van der Waals surface area contributed by atoms with Gasteiger partial charge in [-0.1, -0.05) is 31.2 Å². The summed E-state index contributed by atoms with van der Waals surface area (Å²) in [5.74, 6) is -0.920. The lowest BCUT2D eigenvalue weighted by molar-refractivity contribution is -0.147. The molecule has 2 aromatic carbocycles. The first-order chi connectivity index (χ1) is 20.1. The molecule has 0 radical (unpaired) electrons. The molecule has 5 atom stereocenters. The van der Waals surface area contributed by atoms with E-state index in [1.54, 1.807) is 0 Å². The van der Waals surface area contributed by atoms with Gasteiger partial charge < -0.3 is 19.2 Å². The maximum atomic E-state index is 15.5. The lowest BCUT2D eigenvalue weighted by atomic mass is 9.98. The van der Waals surface area contributed by atoms with Crippen LogP contribution in [-0.4, -0.2) is 45.1 Å². The van der Waals surface area contributed by atoms with Gasteiger partial charge in [0.15, 0.2) is 11.9 Å². The van der Waals surface area contributed by atoms with E-state index >= 15 is 4.39 Å². The number of aromatic amines is 1. The molecule has 3 N–H and O–H groups in total. The summed E-state index contributed by atoms with van der Waals surface area (Å²) in [6.07, 6.45) is -8.76. The third-order valence-corrected chi connectivity index (χ3v) is 7.67. The van der Waals surface area contributed by atoms with E-state index in [1.165, 1.54) is 43.3 Å². The number of H-pyrrole nitrogens is 1. The Hall–Kier alpha value is -3.82. The van der Waals surface area contributed by atoms with Gasteiger partial charge in [0.25, 0.3) is 5.56 Å². The lowest BCUT2D eigenvalue weighted by Crippen LogP contribution is -2.43. The summed E-state index contributed by atoms with van der Waals surface area (Å²) in [6, 6.07) is 10.9. The first kappa shape index (κ1) is 32.1. The van der Waals surface area contributed by atoms with Crippen LogP contribution >= 0.6 is 7.75 Å². The van der Waals surface area contributed by atoms with Gasteiger partial charge in [-0.15, -0.1) is 0 Å². The van der Waals surface area contributed by atoms with Crippen LogP contribution in [0.4, 0.5) is 17.6 Å². The molecule has 12 nitrogen and oxygen atoms in total. The molecule has 1 unspecified atom stereocenters. The van der Waals surface area contributed by atoms with Crippen LogP contribution in [0.3, 0.4) is 0 Å². The molecule has 0 saturated carbocycles. The summed E-state index contributed by atoms with van der Waals surface area (Å²) in [5, 5.41) is 12.5. The van der Waals surface area contributed by atoms with Crippen molar-refractivity contribution >= 4 is 13.7 Å². The van der Waals surface area contributed by atoms with E-state index < -0.39 is 67.4 Å². The molecule has 2 heterocycles. The van der Waals surface area contributed by atoms with Crippen LogP contribution in [0.25, 0.3) is 11.1 Å². The fraction of sp³-hybridized carbons (Fsp3) is 0.346. The van der Waals surface area contributed by atoms with Crippen LogP contribution in [0, 0.1) is 0 Å². The highest BCUT2D eigenvalue weighted by molar-refractivity contribution is 7.51. The highest BCUT2D eigenvalue weighted by atomic mass is 31.2. The minimum atomic E-state index is -4.60. The first-order valence-electron chi connectivity index (χ1n) is 12.7. The normalized spacial score (nSPS) is 23.5. The molecule has 1 aliphatic rings. The average Bonchev–Trinajstić information content (AvgIpc) is 3.18. The van der Waals surface area contributed by atoms with E-state index in [0.717, 1.165) is 35.9 Å². The van der Waals surface area contributed by atoms with Gasteiger partial charge in [-0.05, 0) is 47.6 Å². The summed E-state index contributed by atoms with van der Waals surface area (Å²) < 4.78 is 84.5. The number of aromatic nitrogens is 2. The molecule has 0 amide bonds. The topological polar surface area (TPSA) is 158 Å². The van der Waals surface area contributed by atoms with Crippen LogP contribution in [0.5, 0.6) is 5.75 Å². The number of aliphatic hydroxyl groups excluding tert-OH is 1. The number of alkyl halides is 4. The van der Waals surface area contributed by atoms with Gasteiger partial charge in [0, 0.05) is 18.7 Å². The minimum absolute atomic E-state index is 0.0834. The fourth-order valence-electron chi connectivity index (χ4n) is 4.08. The molecule has 0 bridgehead atoms. The molecule has 17 heteroatoms. The number of hydrogen-bond donors (Lipinski definition) is 3. The van der Waals surface area contributed by atoms with Crippen molar-refractivity contribution in [2.45, 2.75) is 50.5 Å². The monoisotopic (exact) mass is 631 g/mol. The van der Waals surface area contributed by atoms with E-state index in [9.17, 15) is 37.2 Å². The van der Waals surface area contributed by atoms with Gasteiger partial charge in [0.05, 0.1) is 12.2 Å². The van der Waals surface area contributed by atoms with Crippen LogP contribution in [0.15, 0.2) is 70.4 Å². The van der Waals surface area contributed by atoms with E-state index in [-0.39, 0.29) is 12.2 Å². The standard InChI is InChI=1S/C26H26F4N3O9P/c1-3-21(35)41-32-43(38,42-18-10-6-16(7-11-18)15-4-8-17(9-5-15)26(28,29)30)39-14-19-22(36)25(2,27)23(40-19)33-13-12-20(34)31-24(33)37/h4-13,19,22-23,36H,3,14H2,1-2H3,(H,32,38)(H,31,34,37)/t19-,22-,23-,25-,43?/m1/s1. The van der Waals surface area contributed by atoms with Crippen molar-refractivity contribution in [2.75, 3.05) is 6.61 Å². The van der Waals surface area contributed by atoms with Crippen molar-refractivity contribution < 1.29 is 50.6 Å². The highest BCUT2D eigenvalue weighted by Crippen LogP contribution is 2.47. The Morgan fingerprint density at radius 3 is 2.28 bits per heavy atom. The predicted molar refractivity (Wildman–Crippen MR) is 141 cm³/mol. The highest BCUT2D eigenvalue weighted by Gasteiger charge is 2.56. The quantitative estimate of drug-likeness (QED) is 0.170. The summed E-state index contributed by atoms with van der Waals surface area (Å²) in [6.45, 7) is 1.63. The van der Waals surface area contributed by atoms with Crippen LogP contribution < -0.4 is 21.0 Å². The minimum Gasteiger partial charge on any atom is -0.411 e. The predicted octanol–water partition coefficient (Wildman–Crippen LogP) is 3.87. The zero-order valence-corrected chi connectivity index (χ0v) is 23.4. The van der Waals surface area contributed by atoms with Crippen molar-refractivity contribution in [2.24, 2.45) is 0 Å². The Morgan fingerprint density at radius 1 is 1.12 bits per heavy atom. The van der Waals surface area contributed by atoms with E-state index in [4.69, 9.17) is 18.6 Å². The van der Waals surface area contributed by atoms with Gasteiger partial charge in [-0.2, -0.15) is 13.2 Å². The number of carbonyl (C=O) groups is 1. The van der Waals surface area contributed by atoms with Crippen molar-refractivity contribution in [3.8, 4) is 16.9 Å². The Balaban J connectivity index is 1.50. The largest absolute Gasteiger partial charge is 0.491 e. The second-order valence-corrected chi connectivity index (χ2v) is 11.2. The summed E-state index contributed by atoms with van der Waals surface area (Å²) in [7, 11) is -4.60. The molecule has 0 aliphatic carbocycles. The van der Waals surface area contributed by atoms with E-state index in [2.05, 4.69) is 0 Å². The Kier molecular flexibility index (Phi) is 9.27. The number of halogens is 4. The number of carbonyl (C=O) groups excluding carboxylic acids is 1. The van der Waals surface area contributed by atoms with Gasteiger partial charge >= 0.3 is 25.6 Å². The number of rotatable bonds is 10. The van der Waals surface area contributed by atoms with Gasteiger partial charge in [0.1, 0.15) is 18.0 Å². The van der Waals surface area contributed by atoms with Crippen molar-refractivity contribution in [3.05, 3.63) is 87.2 Å². The second kappa shape index (κ2) is 12.4. The molecular weight excluding hydrogens is 605 g/mol. The van der Waals surface area contributed by atoms with Gasteiger partial charge in [-0.25, -0.2) is 13.8 Å². The van der Waals surface area contributed by atoms with Crippen LogP contribution in [0.1, 0.15) is 32.1 Å². The number of nitrogens with one attached hydrogen (secondary N) is 2. The first-order valence-corrected chi connectivity index (χ1v) is 14.2. The van der Waals surface area contributed by atoms with Crippen molar-refractivity contribution in [1.82, 2.24) is 14.8 Å². The third-order valence-electron chi connectivity index (χ3n) is 6.42. The average molecular weight is 631 g/mol. The molecular formula is C26H26F4N3O9P. The number of ether oxygens (including phenoxy) is 1.